The molecule has 2 heterocycles. The highest BCUT2D eigenvalue weighted by atomic mass is 15.2. The summed E-state index contributed by atoms with van der Waals surface area (Å²) < 4.78 is 0. The van der Waals surface area contributed by atoms with Crippen molar-refractivity contribution in [2.45, 2.75) is 0 Å². The zero-order valence-electron chi connectivity index (χ0n) is 9.54. The summed E-state index contributed by atoms with van der Waals surface area (Å²) in [7, 11) is 0. The number of rotatable bonds is 2. The van der Waals surface area contributed by atoms with E-state index in [4.69, 9.17) is 5.73 Å². The van der Waals surface area contributed by atoms with Gasteiger partial charge in [0.25, 0.3) is 0 Å². The lowest BCUT2D eigenvalue weighted by Crippen LogP contribution is -1.94. The van der Waals surface area contributed by atoms with E-state index in [9.17, 15) is 0 Å². The topological polar surface area (TPSA) is 80.5 Å². The molecule has 88 valence electrons. The Morgan fingerprint density at radius 1 is 1.00 bits per heavy atom. The van der Waals surface area contributed by atoms with Gasteiger partial charge in [0.1, 0.15) is 5.82 Å². The zero-order valence-corrected chi connectivity index (χ0v) is 9.54. The summed E-state index contributed by atoms with van der Waals surface area (Å²) in [6.45, 7) is 0. The van der Waals surface area contributed by atoms with E-state index in [0.29, 0.717) is 17.5 Å². The first-order chi connectivity index (χ1) is 8.84. The summed E-state index contributed by atoms with van der Waals surface area (Å²) in [5, 5.41) is 7.06. The van der Waals surface area contributed by atoms with E-state index in [1.165, 1.54) is 0 Å². The molecule has 0 aliphatic heterocycles. The highest BCUT2D eigenvalue weighted by molar-refractivity contribution is 5.69. The smallest absolute Gasteiger partial charge is 0.181 e. The molecule has 0 atom stereocenters. The zero-order chi connectivity index (χ0) is 12.4. The number of nitrogens with one attached hydrogen (secondary N) is 1. The predicted molar refractivity (Wildman–Crippen MR) is 69.5 cm³/mol. The minimum absolute atomic E-state index is 0.438. The number of hydrogen-bond acceptors (Lipinski definition) is 4. The van der Waals surface area contributed by atoms with E-state index in [0.717, 1.165) is 11.1 Å². The molecule has 0 spiro atoms. The number of anilines is 1. The van der Waals surface area contributed by atoms with E-state index in [1.54, 1.807) is 6.20 Å². The number of hydrogen-bond donors (Lipinski definition) is 2. The number of aromatic nitrogens is 4. The second-order valence-corrected chi connectivity index (χ2v) is 3.81. The molecular weight excluding hydrogens is 226 g/mol. The quantitative estimate of drug-likeness (QED) is 0.715. The van der Waals surface area contributed by atoms with Crippen LogP contribution in [0.15, 0.2) is 48.7 Å². The lowest BCUT2D eigenvalue weighted by atomic mass is 10.2. The van der Waals surface area contributed by atoms with Crippen molar-refractivity contribution in [1.29, 1.82) is 0 Å². The van der Waals surface area contributed by atoms with Crippen molar-refractivity contribution in [2.75, 3.05) is 5.73 Å². The minimum atomic E-state index is 0.438. The molecule has 0 bridgehead atoms. The van der Waals surface area contributed by atoms with E-state index >= 15 is 0 Å². The number of H-pyrrole nitrogens is 1. The first kappa shape index (κ1) is 10.5. The third kappa shape index (κ3) is 1.82. The van der Waals surface area contributed by atoms with Gasteiger partial charge in [-0.05, 0) is 12.1 Å². The molecule has 0 aliphatic carbocycles. The Morgan fingerprint density at radius 3 is 2.61 bits per heavy atom. The Labute approximate surface area is 104 Å². The number of pyridine rings is 1. The Kier molecular flexibility index (Phi) is 2.49. The molecule has 0 unspecified atom stereocenters. The van der Waals surface area contributed by atoms with Crippen LogP contribution in [0.3, 0.4) is 0 Å². The Balaban J connectivity index is 2.03. The van der Waals surface area contributed by atoms with Gasteiger partial charge >= 0.3 is 0 Å². The summed E-state index contributed by atoms with van der Waals surface area (Å²) in [5.41, 5.74) is 7.52. The second kappa shape index (κ2) is 4.29. The number of aromatic amines is 1. The molecular formula is C13H11N5. The summed E-state index contributed by atoms with van der Waals surface area (Å²) in [4.78, 5) is 8.45. The van der Waals surface area contributed by atoms with Gasteiger partial charge in [0, 0.05) is 11.8 Å². The van der Waals surface area contributed by atoms with Crippen LogP contribution in [0.4, 0.5) is 5.82 Å². The summed E-state index contributed by atoms with van der Waals surface area (Å²) >= 11 is 0. The van der Waals surface area contributed by atoms with E-state index in [-0.39, 0.29) is 0 Å². The third-order valence-corrected chi connectivity index (χ3v) is 2.61. The van der Waals surface area contributed by atoms with Crippen molar-refractivity contribution in [3.8, 4) is 22.8 Å². The summed E-state index contributed by atoms with van der Waals surface area (Å²) in [6.07, 6.45) is 1.65. The van der Waals surface area contributed by atoms with Crippen LogP contribution in [-0.4, -0.2) is 20.2 Å². The molecule has 0 fully saturated rings. The molecule has 3 aromatic rings. The molecule has 0 radical (unpaired) electrons. The van der Waals surface area contributed by atoms with Gasteiger partial charge in [-0.3, -0.25) is 5.10 Å². The Bertz CT molecular complexity index is 660. The molecule has 5 nitrogen and oxygen atoms in total. The lowest BCUT2D eigenvalue weighted by Gasteiger charge is -1.98. The molecule has 0 aliphatic rings. The van der Waals surface area contributed by atoms with Gasteiger partial charge in [-0.1, -0.05) is 30.3 Å². The van der Waals surface area contributed by atoms with E-state index < -0.39 is 0 Å². The van der Waals surface area contributed by atoms with Gasteiger partial charge in [-0.15, -0.1) is 0 Å². The van der Waals surface area contributed by atoms with Crippen molar-refractivity contribution in [3.63, 3.8) is 0 Å². The van der Waals surface area contributed by atoms with Gasteiger partial charge in [0.2, 0.25) is 0 Å². The molecule has 0 saturated heterocycles. The molecule has 3 rings (SSSR count). The summed E-state index contributed by atoms with van der Waals surface area (Å²) in [6, 6.07) is 13.4. The average molecular weight is 237 g/mol. The number of nitrogens with zero attached hydrogens (tertiary/aromatic N) is 3. The fraction of sp³-hybridized carbons (Fsp3) is 0. The van der Waals surface area contributed by atoms with Crippen LogP contribution in [0.1, 0.15) is 0 Å². The van der Waals surface area contributed by atoms with Crippen LogP contribution in [0.25, 0.3) is 22.8 Å². The molecule has 3 N–H and O–H groups in total. The van der Waals surface area contributed by atoms with Crippen LogP contribution in [0.2, 0.25) is 0 Å². The predicted octanol–water partition coefficient (Wildman–Crippen LogP) is 2.12. The van der Waals surface area contributed by atoms with Crippen molar-refractivity contribution in [2.24, 2.45) is 0 Å². The standard InChI is InChI=1S/C13H11N5/c14-11-10(7-4-8-15-11)13-16-12(17-18-13)9-5-2-1-3-6-9/h1-8H,(H2,14,15)(H,16,17,18). The Morgan fingerprint density at radius 2 is 1.83 bits per heavy atom. The first-order valence-electron chi connectivity index (χ1n) is 5.53. The normalized spacial score (nSPS) is 10.4. The summed E-state index contributed by atoms with van der Waals surface area (Å²) in [5.74, 6) is 1.71. The molecule has 2 aromatic heterocycles. The number of benzene rings is 1. The van der Waals surface area contributed by atoms with Gasteiger partial charge < -0.3 is 5.73 Å². The van der Waals surface area contributed by atoms with E-state index in [2.05, 4.69) is 20.2 Å². The van der Waals surface area contributed by atoms with Gasteiger partial charge in [0.15, 0.2) is 11.6 Å². The van der Waals surface area contributed by atoms with Crippen molar-refractivity contribution >= 4 is 5.82 Å². The number of nitrogen functional groups attached to an aromatic ring is 1. The molecule has 5 heteroatoms. The third-order valence-electron chi connectivity index (χ3n) is 2.61. The fourth-order valence-corrected chi connectivity index (χ4v) is 1.72. The second-order valence-electron chi connectivity index (χ2n) is 3.81. The molecule has 0 amide bonds. The van der Waals surface area contributed by atoms with Crippen molar-refractivity contribution in [3.05, 3.63) is 48.7 Å². The Hall–Kier alpha value is -2.69. The van der Waals surface area contributed by atoms with Gasteiger partial charge in [-0.25, -0.2) is 9.97 Å². The molecule has 18 heavy (non-hydrogen) atoms. The number of nitrogens with two attached hydrogens (primary N) is 1. The minimum Gasteiger partial charge on any atom is -0.383 e. The van der Waals surface area contributed by atoms with Gasteiger partial charge in [0.05, 0.1) is 5.56 Å². The van der Waals surface area contributed by atoms with Crippen LogP contribution >= 0.6 is 0 Å². The van der Waals surface area contributed by atoms with Crippen LogP contribution in [-0.2, 0) is 0 Å². The monoisotopic (exact) mass is 237 g/mol. The van der Waals surface area contributed by atoms with Crippen molar-refractivity contribution in [1.82, 2.24) is 20.2 Å². The highest BCUT2D eigenvalue weighted by Gasteiger charge is 2.09. The largest absolute Gasteiger partial charge is 0.383 e. The lowest BCUT2D eigenvalue weighted by molar-refractivity contribution is 1.10. The SMILES string of the molecule is Nc1ncccc1-c1nc(-c2ccccc2)n[nH]1. The molecule has 1 aromatic carbocycles. The van der Waals surface area contributed by atoms with E-state index in [1.807, 2.05) is 42.5 Å². The maximum absolute atomic E-state index is 5.80. The maximum Gasteiger partial charge on any atom is 0.181 e. The fourth-order valence-electron chi connectivity index (χ4n) is 1.72. The van der Waals surface area contributed by atoms with Crippen LogP contribution in [0.5, 0.6) is 0 Å². The van der Waals surface area contributed by atoms with Crippen LogP contribution in [0, 0.1) is 0 Å². The maximum atomic E-state index is 5.80. The first-order valence-corrected chi connectivity index (χ1v) is 5.53. The highest BCUT2D eigenvalue weighted by Crippen LogP contribution is 2.22. The molecule has 0 saturated carbocycles. The average Bonchev–Trinajstić information content (AvgIpc) is 2.90. The van der Waals surface area contributed by atoms with Crippen LogP contribution < -0.4 is 5.73 Å². The van der Waals surface area contributed by atoms with Crippen molar-refractivity contribution < 1.29 is 0 Å². The van der Waals surface area contributed by atoms with Gasteiger partial charge in [-0.2, -0.15) is 5.10 Å².